The molecule has 0 aliphatic heterocycles. The molecule has 0 saturated carbocycles. The predicted octanol–water partition coefficient (Wildman–Crippen LogP) is 3.48. The topological polar surface area (TPSA) is 38.9 Å². The maximum Gasteiger partial charge on any atom is 0.0336 e. The van der Waals surface area contributed by atoms with Crippen molar-refractivity contribution in [2.24, 2.45) is 5.73 Å². The van der Waals surface area contributed by atoms with E-state index >= 15 is 0 Å². The minimum absolute atomic E-state index is 0.00815. The molecule has 2 N–H and O–H groups in total. The Morgan fingerprint density at radius 1 is 0.947 bits per heavy atom. The molecule has 0 spiro atoms. The van der Waals surface area contributed by atoms with Crippen LogP contribution < -0.4 is 5.73 Å². The third kappa shape index (κ3) is 2.64. The fraction of sp³-hybridized carbons (Fsp3) is 0.118. The molecule has 94 valence electrons. The maximum absolute atomic E-state index is 6.29. The highest BCUT2D eigenvalue weighted by Gasteiger charge is 2.07. The minimum Gasteiger partial charge on any atom is -0.324 e. The second-order valence-electron chi connectivity index (χ2n) is 4.78. The lowest BCUT2D eigenvalue weighted by atomic mass is 9.98. The maximum atomic E-state index is 6.29. The lowest BCUT2D eigenvalue weighted by Gasteiger charge is -2.12. The second-order valence-corrected chi connectivity index (χ2v) is 4.78. The van der Waals surface area contributed by atoms with Crippen molar-refractivity contribution in [2.45, 2.75) is 12.5 Å². The Hall–Kier alpha value is -2.19. The van der Waals surface area contributed by atoms with Crippen LogP contribution in [0.1, 0.15) is 17.2 Å². The van der Waals surface area contributed by atoms with Gasteiger partial charge in [-0.25, -0.2) is 0 Å². The Bertz CT molecular complexity index is 677. The van der Waals surface area contributed by atoms with E-state index in [0.29, 0.717) is 0 Å². The van der Waals surface area contributed by atoms with E-state index in [-0.39, 0.29) is 6.04 Å². The molecule has 1 heterocycles. The first kappa shape index (κ1) is 11.9. The van der Waals surface area contributed by atoms with E-state index in [9.17, 15) is 0 Å². The first-order valence-corrected chi connectivity index (χ1v) is 6.46. The van der Waals surface area contributed by atoms with Gasteiger partial charge in [0.15, 0.2) is 0 Å². The summed E-state index contributed by atoms with van der Waals surface area (Å²) >= 11 is 0. The molecule has 0 fully saturated rings. The van der Waals surface area contributed by atoms with Gasteiger partial charge in [-0.15, -0.1) is 0 Å². The second kappa shape index (κ2) is 5.21. The van der Waals surface area contributed by atoms with Crippen LogP contribution in [0.25, 0.3) is 10.8 Å². The predicted molar refractivity (Wildman–Crippen MR) is 78.8 cm³/mol. The molecular weight excluding hydrogens is 232 g/mol. The number of nitrogens with zero attached hydrogens (tertiary/aromatic N) is 1. The van der Waals surface area contributed by atoms with E-state index in [4.69, 9.17) is 5.73 Å². The molecule has 2 nitrogen and oxygen atoms in total. The van der Waals surface area contributed by atoms with Gasteiger partial charge in [0.25, 0.3) is 0 Å². The third-order valence-electron chi connectivity index (χ3n) is 3.38. The summed E-state index contributed by atoms with van der Waals surface area (Å²) in [6.45, 7) is 0. The van der Waals surface area contributed by atoms with Gasteiger partial charge in [-0.1, -0.05) is 42.5 Å². The Labute approximate surface area is 112 Å². The van der Waals surface area contributed by atoms with Crippen molar-refractivity contribution in [3.63, 3.8) is 0 Å². The number of rotatable bonds is 3. The van der Waals surface area contributed by atoms with Crippen molar-refractivity contribution < 1.29 is 0 Å². The highest BCUT2D eigenvalue weighted by molar-refractivity contribution is 5.83. The Kier molecular flexibility index (Phi) is 3.25. The minimum atomic E-state index is 0.00815. The molecular formula is C17H16N2. The average molecular weight is 248 g/mol. The summed E-state index contributed by atoms with van der Waals surface area (Å²) in [5, 5.41) is 2.49. The van der Waals surface area contributed by atoms with Gasteiger partial charge in [-0.05, 0) is 40.5 Å². The summed E-state index contributed by atoms with van der Waals surface area (Å²) in [7, 11) is 0. The Morgan fingerprint density at radius 3 is 2.58 bits per heavy atom. The average Bonchev–Trinajstić information content (AvgIpc) is 2.48. The summed E-state index contributed by atoms with van der Waals surface area (Å²) in [6.07, 6.45) is 4.47. The van der Waals surface area contributed by atoms with Gasteiger partial charge in [0.05, 0.1) is 0 Å². The summed E-state index contributed by atoms with van der Waals surface area (Å²) in [6, 6.07) is 18.8. The van der Waals surface area contributed by atoms with Gasteiger partial charge in [0.1, 0.15) is 0 Å². The van der Waals surface area contributed by atoms with Gasteiger partial charge in [0.2, 0.25) is 0 Å². The number of benzene rings is 2. The molecule has 2 heteroatoms. The highest BCUT2D eigenvalue weighted by atomic mass is 14.6. The van der Waals surface area contributed by atoms with Crippen LogP contribution in [0.4, 0.5) is 0 Å². The zero-order chi connectivity index (χ0) is 13.1. The third-order valence-corrected chi connectivity index (χ3v) is 3.38. The van der Waals surface area contributed by atoms with Gasteiger partial charge in [-0.2, -0.15) is 0 Å². The van der Waals surface area contributed by atoms with Gasteiger partial charge in [-0.3, -0.25) is 4.98 Å². The van der Waals surface area contributed by atoms with Crippen molar-refractivity contribution in [3.05, 3.63) is 78.1 Å². The summed E-state index contributed by atoms with van der Waals surface area (Å²) in [5.41, 5.74) is 8.63. The standard InChI is InChI=1S/C17H16N2/c18-17(10-13-4-3-9-19-12-13)16-8-7-14-5-1-2-6-15(14)11-16/h1-9,11-12,17H,10,18H2. The lowest BCUT2D eigenvalue weighted by molar-refractivity contribution is 0.721. The molecule has 3 aromatic rings. The molecule has 0 aliphatic rings. The largest absolute Gasteiger partial charge is 0.324 e. The van der Waals surface area contributed by atoms with Crippen LogP contribution in [0.2, 0.25) is 0 Å². The van der Waals surface area contributed by atoms with Crippen LogP contribution in [0, 0.1) is 0 Å². The van der Waals surface area contributed by atoms with Crippen molar-refractivity contribution in [3.8, 4) is 0 Å². The van der Waals surface area contributed by atoms with E-state index in [1.165, 1.54) is 21.9 Å². The van der Waals surface area contributed by atoms with Crippen LogP contribution in [0.3, 0.4) is 0 Å². The number of hydrogen-bond donors (Lipinski definition) is 1. The van der Waals surface area contributed by atoms with Gasteiger partial charge >= 0.3 is 0 Å². The SMILES string of the molecule is NC(Cc1cccnc1)c1ccc2ccccc2c1. The van der Waals surface area contributed by atoms with Crippen molar-refractivity contribution in [2.75, 3.05) is 0 Å². The van der Waals surface area contributed by atoms with E-state index in [1.807, 2.05) is 12.3 Å². The fourth-order valence-corrected chi connectivity index (χ4v) is 2.33. The van der Waals surface area contributed by atoms with Gasteiger partial charge in [0, 0.05) is 18.4 Å². The molecule has 1 aromatic heterocycles. The smallest absolute Gasteiger partial charge is 0.0336 e. The van der Waals surface area contributed by atoms with Crippen LogP contribution in [0.15, 0.2) is 67.0 Å². The Morgan fingerprint density at radius 2 is 1.79 bits per heavy atom. The number of aromatic nitrogens is 1. The van der Waals surface area contributed by atoms with Gasteiger partial charge < -0.3 is 5.73 Å². The van der Waals surface area contributed by atoms with Crippen LogP contribution in [-0.2, 0) is 6.42 Å². The fourth-order valence-electron chi connectivity index (χ4n) is 2.33. The zero-order valence-corrected chi connectivity index (χ0v) is 10.7. The summed E-state index contributed by atoms with van der Waals surface area (Å²) in [5.74, 6) is 0. The molecule has 3 rings (SSSR count). The monoisotopic (exact) mass is 248 g/mol. The van der Waals surface area contributed by atoms with Crippen LogP contribution in [-0.4, -0.2) is 4.98 Å². The van der Waals surface area contributed by atoms with E-state index in [2.05, 4.69) is 53.5 Å². The number of pyridine rings is 1. The lowest BCUT2D eigenvalue weighted by Crippen LogP contribution is -2.13. The molecule has 0 amide bonds. The first-order valence-electron chi connectivity index (χ1n) is 6.46. The Balaban J connectivity index is 1.87. The molecule has 0 radical (unpaired) electrons. The number of fused-ring (bicyclic) bond motifs is 1. The first-order chi connectivity index (χ1) is 9.33. The molecule has 1 atom stereocenters. The molecule has 0 saturated heterocycles. The number of nitrogens with two attached hydrogens (primary N) is 1. The molecule has 19 heavy (non-hydrogen) atoms. The van der Waals surface area contributed by atoms with Crippen molar-refractivity contribution in [1.29, 1.82) is 0 Å². The molecule has 0 bridgehead atoms. The van der Waals surface area contributed by atoms with Crippen molar-refractivity contribution in [1.82, 2.24) is 4.98 Å². The number of hydrogen-bond acceptors (Lipinski definition) is 2. The van der Waals surface area contributed by atoms with Crippen LogP contribution >= 0.6 is 0 Å². The molecule has 2 aromatic carbocycles. The highest BCUT2D eigenvalue weighted by Crippen LogP contribution is 2.21. The van der Waals surface area contributed by atoms with Crippen LogP contribution in [0.5, 0.6) is 0 Å². The summed E-state index contributed by atoms with van der Waals surface area (Å²) < 4.78 is 0. The quantitative estimate of drug-likeness (QED) is 0.770. The molecule has 1 unspecified atom stereocenters. The summed E-state index contributed by atoms with van der Waals surface area (Å²) in [4.78, 5) is 4.13. The zero-order valence-electron chi connectivity index (χ0n) is 10.7. The van der Waals surface area contributed by atoms with E-state index in [1.54, 1.807) is 6.20 Å². The van der Waals surface area contributed by atoms with E-state index in [0.717, 1.165) is 6.42 Å². The van der Waals surface area contributed by atoms with Crippen molar-refractivity contribution >= 4 is 10.8 Å². The normalized spacial score (nSPS) is 12.5. The van der Waals surface area contributed by atoms with E-state index < -0.39 is 0 Å². The molecule has 0 aliphatic carbocycles.